The molecule has 36 heavy (non-hydrogen) atoms. The van der Waals surface area contributed by atoms with Gasteiger partial charge in [-0.3, -0.25) is 14.5 Å². The van der Waals surface area contributed by atoms with Crippen molar-refractivity contribution in [3.8, 4) is 11.5 Å². The molecular weight excluding hydrogens is 470 g/mol. The molecule has 6 heteroatoms. The maximum atomic E-state index is 12.8. The number of ether oxygens (including phenoxy) is 2. The molecule has 1 heterocycles. The first-order chi connectivity index (χ1) is 17.5. The minimum Gasteiger partial charge on any atom is -0.492 e. The highest BCUT2D eigenvalue weighted by atomic mass is 32.2. The molecular formula is C30H25NO4S. The minimum absolute atomic E-state index is 0.206. The van der Waals surface area contributed by atoms with Gasteiger partial charge in [-0.15, -0.1) is 0 Å². The van der Waals surface area contributed by atoms with E-state index in [2.05, 4.69) is 30.3 Å². The summed E-state index contributed by atoms with van der Waals surface area (Å²) >= 11 is 0.950. The molecule has 4 aromatic rings. The van der Waals surface area contributed by atoms with Crippen molar-refractivity contribution in [1.29, 1.82) is 0 Å². The third-order valence-corrected chi connectivity index (χ3v) is 6.75. The molecule has 0 atom stereocenters. The van der Waals surface area contributed by atoms with Crippen molar-refractivity contribution in [3.05, 3.63) is 113 Å². The lowest BCUT2D eigenvalue weighted by atomic mass is 10.1. The minimum atomic E-state index is -0.297. The Morgan fingerprint density at radius 3 is 2.42 bits per heavy atom. The average Bonchev–Trinajstić information content (AvgIpc) is 3.15. The second-order valence-corrected chi connectivity index (χ2v) is 9.53. The molecule has 0 spiro atoms. The summed E-state index contributed by atoms with van der Waals surface area (Å²) in [7, 11) is 0. The van der Waals surface area contributed by atoms with E-state index in [1.807, 2.05) is 67.6 Å². The fraction of sp³-hybridized carbons (Fsp3) is 0.133. The van der Waals surface area contributed by atoms with E-state index >= 15 is 0 Å². The van der Waals surface area contributed by atoms with Crippen LogP contribution in [0.4, 0.5) is 4.79 Å². The SMILES string of the molecule is Cc1cccc(OCCN2C(=O)S/C(=C\c3ccc(OCc4ccc5ccccc5c4)cc3)C2=O)c1. The van der Waals surface area contributed by atoms with Crippen LogP contribution < -0.4 is 9.47 Å². The van der Waals surface area contributed by atoms with Crippen LogP contribution in [0.2, 0.25) is 0 Å². The molecule has 1 aliphatic rings. The highest BCUT2D eigenvalue weighted by molar-refractivity contribution is 8.18. The number of amides is 2. The van der Waals surface area contributed by atoms with Gasteiger partial charge in [0.05, 0.1) is 11.4 Å². The molecule has 1 aliphatic heterocycles. The van der Waals surface area contributed by atoms with E-state index in [0.717, 1.165) is 40.0 Å². The Kier molecular flexibility index (Phi) is 7.05. The van der Waals surface area contributed by atoms with E-state index in [9.17, 15) is 9.59 Å². The molecule has 0 bridgehead atoms. The van der Waals surface area contributed by atoms with Crippen molar-refractivity contribution in [1.82, 2.24) is 4.90 Å². The highest BCUT2D eigenvalue weighted by Gasteiger charge is 2.34. The van der Waals surface area contributed by atoms with Gasteiger partial charge in [0.2, 0.25) is 0 Å². The second kappa shape index (κ2) is 10.7. The van der Waals surface area contributed by atoms with E-state index in [1.165, 1.54) is 15.7 Å². The molecule has 2 amide bonds. The summed E-state index contributed by atoms with van der Waals surface area (Å²) < 4.78 is 11.6. The zero-order chi connectivity index (χ0) is 24.9. The summed E-state index contributed by atoms with van der Waals surface area (Å²) in [6.07, 6.45) is 1.74. The fourth-order valence-electron chi connectivity index (χ4n) is 3.96. The topological polar surface area (TPSA) is 55.8 Å². The van der Waals surface area contributed by atoms with Gasteiger partial charge in [-0.05, 0) is 82.6 Å². The highest BCUT2D eigenvalue weighted by Crippen LogP contribution is 2.32. The van der Waals surface area contributed by atoms with E-state index < -0.39 is 0 Å². The van der Waals surface area contributed by atoms with Gasteiger partial charge in [-0.2, -0.15) is 0 Å². The van der Waals surface area contributed by atoms with Crippen LogP contribution in [-0.4, -0.2) is 29.2 Å². The molecule has 4 aromatic carbocycles. The number of fused-ring (bicyclic) bond motifs is 1. The Hall–Kier alpha value is -4.03. The zero-order valence-corrected chi connectivity index (χ0v) is 20.7. The van der Waals surface area contributed by atoms with Crippen molar-refractivity contribution < 1.29 is 19.1 Å². The molecule has 1 saturated heterocycles. The Balaban J connectivity index is 1.16. The van der Waals surface area contributed by atoms with E-state index in [0.29, 0.717) is 11.5 Å². The maximum absolute atomic E-state index is 12.8. The number of rotatable bonds is 8. The van der Waals surface area contributed by atoms with Gasteiger partial charge < -0.3 is 9.47 Å². The van der Waals surface area contributed by atoms with Crippen LogP contribution in [0.1, 0.15) is 16.7 Å². The third-order valence-electron chi connectivity index (χ3n) is 5.84. The monoisotopic (exact) mass is 495 g/mol. The Labute approximate surface area is 214 Å². The largest absolute Gasteiger partial charge is 0.492 e. The van der Waals surface area contributed by atoms with E-state index in [1.54, 1.807) is 6.08 Å². The van der Waals surface area contributed by atoms with Gasteiger partial charge in [0.15, 0.2) is 0 Å². The van der Waals surface area contributed by atoms with Crippen molar-refractivity contribution in [3.63, 3.8) is 0 Å². The first-order valence-corrected chi connectivity index (χ1v) is 12.5. The lowest BCUT2D eigenvalue weighted by Crippen LogP contribution is -2.32. The molecule has 5 rings (SSSR count). The van der Waals surface area contributed by atoms with Crippen molar-refractivity contribution in [2.75, 3.05) is 13.2 Å². The molecule has 0 radical (unpaired) electrons. The van der Waals surface area contributed by atoms with E-state index in [-0.39, 0.29) is 24.3 Å². The van der Waals surface area contributed by atoms with Crippen LogP contribution in [-0.2, 0) is 11.4 Å². The van der Waals surface area contributed by atoms with E-state index in [4.69, 9.17) is 9.47 Å². The number of hydrogen-bond donors (Lipinski definition) is 0. The number of benzene rings is 4. The summed E-state index contributed by atoms with van der Waals surface area (Å²) in [5.41, 5.74) is 3.01. The van der Waals surface area contributed by atoms with Gasteiger partial charge >= 0.3 is 0 Å². The summed E-state index contributed by atoms with van der Waals surface area (Å²) in [5.74, 6) is 1.16. The smallest absolute Gasteiger partial charge is 0.293 e. The van der Waals surface area contributed by atoms with Crippen LogP contribution >= 0.6 is 11.8 Å². The maximum Gasteiger partial charge on any atom is 0.293 e. The number of carbonyl (C=O) groups is 2. The predicted octanol–water partition coefficient (Wildman–Crippen LogP) is 6.84. The molecule has 180 valence electrons. The van der Waals surface area contributed by atoms with Crippen LogP contribution in [0.25, 0.3) is 16.8 Å². The molecule has 0 aromatic heterocycles. The molecule has 5 nitrogen and oxygen atoms in total. The standard InChI is InChI=1S/C30H25NO4S/c1-21-5-4-8-27(17-21)34-16-15-31-29(32)28(36-30(31)33)19-22-10-13-26(14-11-22)35-20-23-9-12-24-6-2-3-7-25(24)18-23/h2-14,17-19H,15-16,20H2,1H3/b28-19-. The average molecular weight is 496 g/mol. The lowest BCUT2D eigenvalue weighted by molar-refractivity contribution is -0.123. The van der Waals surface area contributed by atoms with Crippen molar-refractivity contribution in [2.24, 2.45) is 0 Å². The number of nitrogens with zero attached hydrogens (tertiary/aromatic N) is 1. The third kappa shape index (κ3) is 5.61. The summed E-state index contributed by atoms with van der Waals surface area (Å²) in [4.78, 5) is 26.8. The summed E-state index contributed by atoms with van der Waals surface area (Å²) in [6.45, 7) is 2.90. The fourth-order valence-corrected chi connectivity index (χ4v) is 4.82. The number of carbonyl (C=O) groups excluding carboxylic acids is 2. The number of hydrogen-bond acceptors (Lipinski definition) is 5. The molecule has 0 unspecified atom stereocenters. The molecule has 0 N–H and O–H groups in total. The van der Waals surface area contributed by atoms with Crippen LogP contribution in [0.5, 0.6) is 11.5 Å². The summed E-state index contributed by atoms with van der Waals surface area (Å²) in [6, 6.07) is 29.7. The van der Waals surface area contributed by atoms with Gasteiger partial charge in [-0.1, -0.05) is 60.7 Å². The lowest BCUT2D eigenvalue weighted by Gasteiger charge is -2.13. The number of imide groups is 1. The van der Waals surface area contributed by atoms with Crippen LogP contribution in [0.15, 0.2) is 95.9 Å². The first kappa shape index (κ1) is 23.7. The second-order valence-electron chi connectivity index (χ2n) is 8.54. The van der Waals surface area contributed by atoms with Gasteiger partial charge in [0.1, 0.15) is 24.7 Å². The first-order valence-electron chi connectivity index (χ1n) is 11.7. The van der Waals surface area contributed by atoms with Gasteiger partial charge in [0.25, 0.3) is 11.1 Å². The molecule has 1 fully saturated rings. The Morgan fingerprint density at radius 2 is 1.61 bits per heavy atom. The van der Waals surface area contributed by atoms with Crippen molar-refractivity contribution >= 4 is 39.8 Å². The molecule has 0 saturated carbocycles. The number of thioether (sulfide) groups is 1. The molecule has 0 aliphatic carbocycles. The van der Waals surface area contributed by atoms with Crippen LogP contribution in [0.3, 0.4) is 0 Å². The number of aryl methyl sites for hydroxylation is 1. The predicted molar refractivity (Wildman–Crippen MR) is 144 cm³/mol. The normalized spacial score (nSPS) is 14.6. The quantitative estimate of drug-likeness (QED) is 0.251. The Morgan fingerprint density at radius 1 is 0.806 bits per heavy atom. The summed E-state index contributed by atoms with van der Waals surface area (Å²) in [5, 5.41) is 2.10. The Bertz CT molecular complexity index is 1450. The van der Waals surface area contributed by atoms with Gasteiger partial charge in [0, 0.05) is 0 Å². The van der Waals surface area contributed by atoms with Crippen molar-refractivity contribution in [2.45, 2.75) is 13.5 Å². The zero-order valence-electron chi connectivity index (χ0n) is 19.8. The van der Waals surface area contributed by atoms with Crippen LogP contribution in [0, 0.1) is 6.92 Å². The van der Waals surface area contributed by atoms with Gasteiger partial charge in [-0.25, -0.2) is 0 Å².